The van der Waals surface area contributed by atoms with Crippen molar-refractivity contribution in [3.05, 3.63) is 11.6 Å². The van der Waals surface area contributed by atoms with E-state index in [1.807, 2.05) is 6.92 Å². The number of fused-ring (bicyclic) bond motifs is 5. The van der Waals surface area contributed by atoms with Gasteiger partial charge in [-0.15, -0.1) is 0 Å². The van der Waals surface area contributed by atoms with Crippen LogP contribution in [0.5, 0.6) is 0 Å². The van der Waals surface area contributed by atoms with Crippen LogP contribution in [0.25, 0.3) is 0 Å². The number of allylic oxidation sites excluding steroid dienone is 1. The molecule has 0 bridgehead atoms. The highest BCUT2D eigenvalue weighted by Gasteiger charge is 2.60. The van der Waals surface area contributed by atoms with Crippen LogP contribution in [0.4, 0.5) is 0 Å². The maximum Gasteiger partial charge on any atom is 0.187 e. The minimum Gasteiger partial charge on any atom is -0.394 e. The summed E-state index contributed by atoms with van der Waals surface area (Å²) in [5.41, 5.74) is 1.85. The normalized spacial score (nSPS) is 51.4. The molecule has 5 heterocycles. The van der Waals surface area contributed by atoms with E-state index < -0.39 is 187 Å². The van der Waals surface area contributed by atoms with Gasteiger partial charge in [-0.2, -0.15) is 0 Å². The first-order valence-electron chi connectivity index (χ1n) is 30.8. The van der Waals surface area contributed by atoms with Crippen LogP contribution in [0.1, 0.15) is 98.8 Å². The molecule has 0 aromatic heterocycles. The fraction of sp³-hybridized carbons (Fsp3) is 0.966. The van der Waals surface area contributed by atoms with Crippen LogP contribution in [0, 0.1) is 52.3 Å². The Kier molecular flexibility index (Phi) is 22.6. The molecule has 17 N–H and O–H groups in total. The third-order valence-corrected chi connectivity index (χ3v) is 21.7. The third-order valence-electron chi connectivity index (χ3n) is 21.7. The summed E-state index contributed by atoms with van der Waals surface area (Å²) in [5, 5.41) is 182. The van der Waals surface area contributed by atoms with E-state index in [-0.39, 0.29) is 35.4 Å². The van der Waals surface area contributed by atoms with Gasteiger partial charge in [-0.1, -0.05) is 59.1 Å². The summed E-state index contributed by atoms with van der Waals surface area (Å²) in [6.07, 6.45) is -31.5. The van der Waals surface area contributed by atoms with E-state index in [1.54, 1.807) is 0 Å². The fourth-order valence-corrected chi connectivity index (χ4v) is 16.1. The van der Waals surface area contributed by atoms with Gasteiger partial charge < -0.3 is 134 Å². The lowest BCUT2D eigenvalue weighted by molar-refractivity contribution is -0.388. The molecule has 35 atom stereocenters. The van der Waals surface area contributed by atoms with Crippen molar-refractivity contribution in [2.24, 2.45) is 52.3 Å². The Morgan fingerprint density at radius 3 is 1.52 bits per heavy atom. The average Bonchev–Trinajstić information content (AvgIpc) is 1.76. The number of hydrogen-bond acceptors (Lipinski definition) is 27. The van der Waals surface area contributed by atoms with Crippen LogP contribution >= 0.6 is 0 Å². The van der Waals surface area contributed by atoms with Crippen molar-refractivity contribution in [2.75, 3.05) is 39.6 Å². The number of aliphatic hydroxyl groups excluding tert-OH is 17. The molecule has 27 heteroatoms. The van der Waals surface area contributed by atoms with Gasteiger partial charge in [0.1, 0.15) is 122 Å². The van der Waals surface area contributed by atoms with E-state index in [1.165, 1.54) is 31.3 Å². The molecule has 0 unspecified atom stereocenters. The fourth-order valence-electron chi connectivity index (χ4n) is 16.1. The van der Waals surface area contributed by atoms with Crippen molar-refractivity contribution < 1.29 is 134 Å². The minimum absolute atomic E-state index is 0.00366. The Morgan fingerprint density at radius 1 is 0.471 bits per heavy atom. The van der Waals surface area contributed by atoms with Gasteiger partial charge in [0.25, 0.3) is 0 Å². The van der Waals surface area contributed by atoms with Crippen molar-refractivity contribution in [3.8, 4) is 0 Å². The van der Waals surface area contributed by atoms with E-state index in [0.29, 0.717) is 29.6 Å². The van der Waals surface area contributed by atoms with Crippen molar-refractivity contribution in [1.29, 1.82) is 0 Å². The van der Waals surface area contributed by atoms with Gasteiger partial charge in [0, 0.05) is 0 Å². The largest absolute Gasteiger partial charge is 0.394 e. The molecular weight excluding hydrogens is 1130 g/mol. The molecule has 0 radical (unpaired) electrons. The molecule has 27 nitrogen and oxygen atoms in total. The first-order chi connectivity index (χ1) is 40.3. The molecule has 0 aromatic rings. The predicted octanol–water partition coefficient (Wildman–Crippen LogP) is -4.27. The summed E-state index contributed by atoms with van der Waals surface area (Å²) in [7, 11) is 0. The standard InChI is InChI=1S/C58H98O27/c1-23(6-7-24(2)29-10-11-30-28-9-8-26-16-27(63)12-14-57(26,4)31(28)13-15-58(29,30)5)25(3)21-76-56-51(85-55-48(75)44(71)50(35(20-62)81-55)84-54-46(73)41(68)38(65)33(18-60)79-54)42(69)39(66)36(82-56)22-77-52-47(74)43(70)49(34(19-61)80-52)83-53-45(72)40(67)37(64)32(17-59)78-53/h8,23-25,27-56,59-75H,6-7,9-22H2,1-5H3/t23-,24-,25-,27+,28+,29-,30+,31+,32-,33-,34-,35-,36-,37-,38-,39-,40+,41+,42+,43-,44-,45-,46-,47-,48-,49-,50-,51-,52-,53+,54+,55+,56-,57+,58-/m1/s1. The van der Waals surface area contributed by atoms with Crippen molar-refractivity contribution in [2.45, 2.75) is 258 Å². The Hall–Kier alpha value is -1.34. The van der Waals surface area contributed by atoms with Gasteiger partial charge in [-0.05, 0) is 104 Å². The Balaban J connectivity index is 0.857. The summed E-state index contributed by atoms with van der Waals surface area (Å²) in [4.78, 5) is 0. The molecule has 85 heavy (non-hydrogen) atoms. The van der Waals surface area contributed by atoms with Gasteiger partial charge in [-0.25, -0.2) is 0 Å². The van der Waals surface area contributed by atoms with E-state index >= 15 is 0 Å². The molecule has 5 saturated heterocycles. The zero-order valence-electron chi connectivity index (χ0n) is 49.1. The lowest BCUT2D eigenvalue weighted by atomic mass is 9.47. The SMILES string of the molecule is C[C@H](CC[C@@H](C)[C@H]1CC[C@H]2[C@@H]3CC=C4C[C@@H](O)CC[C@]4(C)[C@H]3CC[C@]12C)[C@H](C)CO[C@@H]1O[C@H](CO[C@@H]2O[C@H](CO)[C@@H](O[C@@H]3O[C@H](CO)[C@@H](O)[C@H](O)[C@H]3O)[C@H](O)[C@H]2O)[C@@H](O)[C@H](O)[C@H]1O[C@@H]1O[C@H](CO)[C@@H](O[C@@H]2O[C@H](CO)[C@@H](O)[C@H](O)[C@H]2O)[C@H](O)[C@H]1O. The highest BCUT2D eigenvalue weighted by atomic mass is 16.8. The molecule has 0 aromatic carbocycles. The van der Waals surface area contributed by atoms with Crippen molar-refractivity contribution in [3.63, 3.8) is 0 Å². The van der Waals surface area contributed by atoms with Crippen LogP contribution in [0.2, 0.25) is 0 Å². The number of rotatable bonds is 21. The van der Waals surface area contributed by atoms with E-state index in [2.05, 4.69) is 33.8 Å². The molecule has 8 fully saturated rings. The Morgan fingerprint density at radius 2 is 0.953 bits per heavy atom. The number of hydrogen-bond donors (Lipinski definition) is 17. The highest BCUT2D eigenvalue weighted by molar-refractivity contribution is 5.25. The second-order valence-electron chi connectivity index (χ2n) is 26.7. The molecule has 3 saturated carbocycles. The van der Waals surface area contributed by atoms with Crippen molar-refractivity contribution >= 4 is 0 Å². The second-order valence-corrected chi connectivity index (χ2v) is 26.7. The molecule has 0 amide bonds. The molecule has 492 valence electrons. The quantitative estimate of drug-likeness (QED) is 0.0484. The lowest BCUT2D eigenvalue weighted by Crippen LogP contribution is -2.67. The molecule has 9 aliphatic rings. The maximum atomic E-state index is 11.9. The maximum absolute atomic E-state index is 11.9. The van der Waals surface area contributed by atoms with E-state index in [9.17, 15) is 86.8 Å². The van der Waals surface area contributed by atoms with E-state index in [0.717, 1.165) is 38.5 Å². The Bertz CT molecular complexity index is 2140. The summed E-state index contributed by atoms with van der Waals surface area (Å²) >= 11 is 0. The van der Waals surface area contributed by atoms with Crippen LogP contribution in [-0.4, -0.2) is 286 Å². The average molecular weight is 1230 g/mol. The third kappa shape index (κ3) is 13.5. The monoisotopic (exact) mass is 1230 g/mol. The number of ether oxygens (including phenoxy) is 10. The minimum atomic E-state index is -2.05. The molecular formula is C58H98O27. The van der Waals surface area contributed by atoms with Crippen LogP contribution in [0.15, 0.2) is 11.6 Å². The molecule has 4 aliphatic carbocycles. The van der Waals surface area contributed by atoms with Gasteiger partial charge in [0.15, 0.2) is 31.5 Å². The van der Waals surface area contributed by atoms with E-state index in [4.69, 9.17) is 47.4 Å². The van der Waals surface area contributed by atoms with Gasteiger partial charge >= 0.3 is 0 Å². The summed E-state index contributed by atoms with van der Waals surface area (Å²) in [6.45, 7) is 7.42. The van der Waals surface area contributed by atoms with Gasteiger partial charge in [0.2, 0.25) is 0 Å². The van der Waals surface area contributed by atoms with Crippen molar-refractivity contribution in [1.82, 2.24) is 0 Å². The number of aliphatic hydroxyl groups is 17. The van der Waals surface area contributed by atoms with Gasteiger partial charge in [-0.3, -0.25) is 0 Å². The molecule has 5 aliphatic heterocycles. The molecule has 9 rings (SSSR count). The highest BCUT2D eigenvalue weighted by Crippen LogP contribution is 2.67. The molecule has 0 spiro atoms. The van der Waals surface area contributed by atoms with Gasteiger partial charge in [0.05, 0.1) is 45.7 Å². The summed E-state index contributed by atoms with van der Waals surface area (Å²) in [6, 6.07) is 0. The zero-order chi connectivity index (χ0) is 61.7. The van der Waals surface area contributed by atoms with Crippen LogP contribution in [0.3, 0.4) is 0 Å². The van der Waals surface area contributed by atoms with Crippen LogP contribution < -0.4 is 0 Å². The first-order valence-corrected chi connectivity index (χ1v) is 30.8. The van der Waals surface area contributed by atoms with Crippen LogP contribution in [-0.2, 0) is 47.4 Å². The smallest absolute Gasteiger partial charge is 0.187 e. The topological polar surface area (TPSA) is 436 Å². The lowest BCUT2D eigenvalue weighted by Gasteiger charge is -2.58. The predicted molar refractivity (Wildman–Crippen MR) is 288 cm³/mol. The second kappa shape index (κ2) is 28.3. The Labute approximate surface area is 494 Å². The first kappa shape index (κ1) is 68.0. The summed E-state index contributed by atoms with van der Waals surface area (Å²) < 4.78 is 58.4. The summed E-state index contributed by atoms with van der Waals surface area (Å²) in [5.74, 6) is 2.88. The zero-order valence-corrected chi connectivity index (χ0v) is 49.1.